The fourth-order valence-electron chi connectivity index (χ4n) is 3.56. The Morgan fingerprint density at radius 2 is 1.92 bits per heavy atom. The molecule has 0 radical (unpaired) electrons. The maximum absolute atomic E-state index is 5.33. The molecule has 1 fully saturated rings. The highest BCUT2D eigenvalue weighted by Crippen LogP contribution is 2.19. The Balaban J connectivity index is 1.68. The van der Waals surface area contributed by atoms with Gasteiger partial charge in [-0.2, -0.15) is 0 Å². The quantitative estimate of drug-likeness (QED) is 0.765. The van der Waals surface area contributed by atoms with Crippen molar-refractivity contribution in [3.8, 4) is 11.4 Å². The van der Waals surface area contributed by atoms with Crippen LogP contribution in [0.5, 0.6) is 0 Å². The Morgan fingerprint density at radius 1 is 1.19 bits per heavy atom. The number of rotatable bonds is 7. The molecule has 0 amide bonds. The Kier molecular flexibility index (Phi) is 6.72. The van der Waals surface area contributed by atoms with Crippen molar-refractivity contribution >= 4 is 0 Å². The van der Waals surface area contributed by atoms with Gasteiger partial charge >= 0.3 is 0 Å². The number of aromatic nitrogens is 2. The third-order valence-corrected chi connectivity index (χ3v) is 5.15. The number of hydrogen-bond acceptors (Lipinski definition) is 5. The second-order valence-corrected chi connectivity index (χ2v) is 7.28. The van der Waals surface area contributed by atoms with E-state index in [0.717, 1.165) is 49.7 Å². The Hall–Kier alpha value is -1.82. The lowest BCUT2D eigenvalue weighted by atomic mass is 10.0. The van der Waals surface area contributed by atoms with Gasteiger partial charge < -0.3 is 9.64 Å². The molecule has 0 N–H and O–H groups in total. The first-order valence-corrected chi connectivity index (χ1v) is 9.45. The van der Waals surface area contributed by atoms with Gasteiger partial charge in [0.1, 0.15) is 0 Å². The van der Waals surface area contributed by atoms with Crippen LogP contribution in [0.25, 0.3) is 11.4 Å². The van der Waals surface area contributed by atoms with Crippen molar-refractivity contribution in [2.24, 2.45) is 0 Å². The predicted octanol–water partition coefficient (Wildman–Crippen LogP) is 2.99. The van der Waals surface area contributed by atoms with Crippen LogP contribution >= 0.6 is 0 Å². The molecule has 1 aromatic carbocycles. The van der Waals surface area contributed by atoms with Crippen LogP contribution in [0.1, 0.15) is 24.0 Å². The minimum atomic E-state index is 0.609. The van der Waals surface area contributed by atoms with Crippen molar-refractivity contribution < 1.29 is 4.74 Å². The summed E-state index contributed by atoms with van der Waals surface area (Å²) >= 11 is 0. The van der Waals surface area contributed by atoms with Gasteiger partial charge in [-0.15, -0.1) is 0 Å². The lowest BCUT2D eigenvalue weighted by Gasteiger charge is -2.37. The summed E-state index contributed by atoms with van der Waals surface area (Å²) in [6, 6.07) is 8.93. The van der Waals surface area contributed by atoms with Gasteiger partial charge in [-0.1, -0.05) is 23.8 Å². The molecule has 0 aliphatic carbocycles. The molecule has 5 nitrogen and oxygen atoms in total. The number of likely N-dealkylation sites (tertiary alicyclic amines) is 1. The first-order chi connectivity index (χ1) is 12.7. The van der Waals surface area contributed by atoms with E-state index in [0.29, 0.717) is 6.04 Å². The molecule has 0 spiro atoms. The molecular weight excluding hydrogens is 324 g/mol. The Morgan fingerprint density at radius 3 is 2.58 bits per heavy atom. The van der Waals surface area contributed by atoms with Crippen molar-refractivity contribution in [3.05, 3.63) is 47.8 Å². The highest BCUT2D eigenvalue weighted by atomic mass is 16.5. The van der Waals surface area contributed by atoms with Crippen LogP contribution in [0.15, 0.2) is 36.7 Å². The van der Waals surface area contributed by atoms with E-state index in [1.54, 1.807) is 7.11 Å². The summed E-state index contributed by atoms with van der Waals surface area (Å²) in [5.41, 5.74) is 3.46. The van der Waals surface area contributed by atoms with E-state index in [4.69, 9.17) is 4.74 Å². The van der Waals surface area contributed by atoms with Gasteiger partial charge in [0.15, 0.2) is 5.82 Å². The molecule has 5 heteroatoms. The minimum Gasteiger partial charge on any atom is -0.383 e. The van der Waals surface area contributed by atoms with Gasteiger partial charge in [0.25, 0.3) is 0 Å². The van der Waals surface area contributed by atoms with Crippen LogP contribution in [-0.2, 0) is 11.3 Å². The topological polar surface area (TPSA) is 41.5 Å². The minimum absolute atomic E-state index is 0.609. The van der Waals surface area contributed by atoms with Crippen molar-refractivity contribution in [1.82, 2.24) is 19.8 Å². The molecule has 0 bridgehead atoms. The van der Waals surface area contributed by atoms with E-state index >= 15 is 0 Å². The molecule has 1 aliphatic heterocycles. The smallest absolute Gasteiger partial charge is 0.159 e. The monoisotopic (exact) mass is 354 g/mol. The summed E-state index contributed by atoms with van der Waals surface area (Å²) in [5.74, 6) is 0.792. The zero-order chi connectivity index (χ0) is 18.4. The summed E-state index contributed by atoms with van der Waals surface area (Å²) in [6.45, 7) is 7.01. The van der Waals surface area contributed by atoms with Crippen LogP contribution in [0.2, 0.25) is 0 Å². The van der Waals surface area contributed by atoms with Gasteiger partial charge in [0, 0.05) is 49.8 Å². The number of hydrogen-bond donors (Lipinski definition) is 0. The van der Waals surface area contributed by atoms with Crippen molar-refractivity contribution in [2.45, 2.75) is 32.4 Å². The average molecular weight is 354 g/mol. The second-order valence-electron chi connectivity index (χ2n) is 7.28. The standard InChI is InChI=1S/C21H30N4O/c1-17-5-4-6-19(13-17)21-22-14-18(15-23-21)16-25(11-12-26-3)20-7-9-24(2)10-8-20/h4-6,13-15,20H,7-12,16H2,1-3H3. The van der Waals surface area contributed by atoms with Gasteiger partial charge in [0.05, 0.1) is 6.61 Å². The van der Waals surface area contributed by atoms with Gasteiger partial charge in [-0.25, -0.2) is 9.97 Å². The third-order valence-electron chi connectivity index (χ3n) is 5.15. The van der Waals surface area contributed by atoms with Crippen molar-refractivity contribution in [1.29, 1.82) is 0 Å². The van der Waals surface area contributed by atoms with Crippen LogP contribution < -0.4 is 0 Å². The van der Waals surface area contributed by atoms with E-state index in [2.05, 4.69) is 58.0 Å². The second kappa shape index (κ2) is 9.21. The molecule has 2 aromatic rings. The maximum Gasteiger partial charge on any atom is 0.159 e. The number of methoxy groups -OCH3 is 1. The predicted molar refractivity (Wildman–Crippen MR) is 105 cm³/mol. The van der Waals surface area contributed by atoms with E-state index < -0.39 is 0 Å². The number of nitrogens with zero attached hydrogens (tertiary/aromatic N) is 4. The molecule has 0 unspecified atom stereocenters. The normalized spacial score (nSPS) is 16.3. The van der Waals surface area contributed by atoms with Gasteiger partial charge in [-0.05, 0) is 46.0 Å². The zero-order valence-corrected chi connectivity index (χ0v) is 16.2. The molecule has 2 heterocycles. The number of ether oxygens (including phenoxy) is 1. The summed E-state index contributed by atoms with van der Waals surface area (Å²) in [7, 11) is 3.97. The van der Waals surface area contributed by atoms with Crippen molar-refractivity contribution in [2.75, 3.05) is 40.4 Å². The first kappa shape index (κ1) is 19.0. The number of benzene rings is 1. The van der Waals surface area contributed by atoms with Gasteiger partial charge in [-0.3, -0.25) is 4.90 Å². The van der Waals surface area contributed by atoms with E-state index in [-0.39, 0.29) is 0 Å². The summed E-state index contributed by atoms with van der Waals surface area (Å²) in [4.78, 5) is 14.1. The van der Waals surface area contributed by atoms with E-state index in [9.17, 15) is 0 Å². The maximum atomic E-state index is 5.33. The highest BCUT2D eigenvalue weighted by molar-refractivity contribution is 5.55. The Bertz CT molecular complexity index is 681. The lowest BCUT2D eigenvalue weighted by Crippen LogP contribution is -2.44. The largest absolute Gasteiger partial charge is 0.383 e. The Labute approximate surface area is 157 Å². The molecule has 1 aromatic heterocycles. The van der Waals surface area contributed by atoms with Crippen LogP contribution in [0, 0.1) is 6.92 Å². The molecule has 0 saturated carbocycles. The van der Waals surface area contributed by atoms with E-state index in [1.165, 1.54) is 18.4 Å². The summed E-state index contributed by atoms with van der Waals surface area (Å²) < 4.78 is 5.33. The molecular formula is C21H30N4O. The molecule has 26 heavy (non-hydrogen) atoms. The molecule has 140 valence electrons. The van der Waals surface area contributed by atoms with Crippen LogP contribution in [0.4, 0.5) is 0 Å². The first-order valence-electron chi connectivity index (χ1n) is 9.45. The van der Waals surface area contributed by atoms with Crippen molar-refractivity contribution in [3.63, 3.8) is 0 Å². The summed E-state index contributed by atoms with van der Waals surface area (Å²) in [6.07, 6.45) is 6.36. The summed E-state index contributed by atoms with van der Waals surface area (Å²) in [5, 5.41) is 0. The number of aryl methyl sites for hydroxylation is 1. The molecule has 3 rings (SSSR count). The zero-order valence-electron chi connectivity index (χ0n) is 16.2. The molecule has 0 atom stereocenters. The average Bonchev–Trinajstić information content (AvgIpc) is 2.66. The fraction of sp³-hybridized carbons (Fsp3) is 0.524. The highest BCUT2D eigenvalue weighted by Gasteiger charge is 2.23. The van der Waals surface area contributed by atoms with E-state index in [1.807, 2.05) is 12.4 Å². The fourth-order valence-corrected chi connectivity index (χ4v) is 3.56. The van der Waals surface area contributed by atoms with Gasteiger partial charge in [0.2, 0.25) is 0 Å². The number of piperidine rings is 1. The third kappa shape index (κ3) is 5.10. The van der Waals surface area contributed by atoms with Crippen LogP contribution in [-0.4, -0.2) is 66.2 Å². The van der Waals surface area contributed by atoms with Crippen LogP contribution in [0.3, 0.4) is 0 Å². The molecule has 1 saturated heterocycles. The SMILES string of the molecule is COCCN(Cc1cnc(-c2cccc(C)c2)nc1)C1CCN(C)CC1. The molecule has 1 aliphatic rings. The lowest BCUT2D eigenvalue weighted by molar-refractivity contribution is 0.0801.